The Bertz CT molecular complexity index is 879. The van der Waals surface area contributed by atoms with Gasteiger partial charge in [-0.2, -0.15) is 0 Å². The molecule has 0 atom stereocenters. The number of rotatable bonds is 4. The van der Waals surface area contributed by atoms with E-state index in [2.05, 4.69) is 10.3 Å². The van der Waals surface area contributed by atoms with Crippen molar-refractivity contribution in [2.24, 2.45) is 0 Å². The molecule has 0 unspecified atom stereocenters. The maximum atomic E-state index is 13.3. The Labute approximate surface area is 135 Å². The maximum Gasteiger partial charge on any atom is 0.358 e. The van der Waals surface area contributed by atoms with Gasteiger partial charge in [0.05, 0.1) is 6.54 Å². The Balaban J connectivity index is 2.09. The number of aromatic carboxylic acids is 1. The van der Waals surface area contributed by atoms with Crippen LogP contribution in [0, 0.1) is 5.82 Å². The fourth-order valence-electron chi connectivity index (χ4n) is 2.30. The second-order valence-corrected chi connectivity index (χ2v) is 5.33. The summed E-state index contributed by atoms with van der Waals surface area (Å²) in [6.07, 6.45) is 0. The number of carboxylic acids is 1. The predicted molar refractivity (Wildman–Crippen MR) is 82.9 cm³/mol. The molecule has 1 aromatic heterocycles. The number of hydrogen-bond acceptors (Lipinski definition) is 3. The average molecular weight is 332 g/mol. The van der Waals surface area contributed by atoms with Crippen LogP contribution in [0.25, 0.3) is 11.3 Å². The number of carboxylic acid groups (broad SMARTS) is 1. The first-order valence-corrected chi connectivity index (χ1v) is 7.09. The summed E-state index contributed by atoms with van der Waals surface area (Å²) in [7, 11) is 0. The normalized spacial score (nSPS) is 10.7. The fraction of sp³-hybridized carbons (Fsp3) is 0.0625. The number of halogens is 2. The summed E-state index contributed by atoms with van der Waals surface area (Å²) < 4.78 is 14.7. The first-order chi connectivity index (χ1) is 11.0. The zero-order valence-corrected chi connectivity index (χ0v) is 12.5. The van der Waals surface area contributed by atoms with Gasteiger partial charge in [-0.25, -0.2) is 13.9 Å². The Morgan fingerprint density at radius 3 is 2.70 bits per heavy atom. The van der Waals surface area contributed by atoms with Crippen LogP contribution in [0.5, 0.6) is 0 Å². The van der Waals surface area contributed by atoms with Gasteiger partial charge in [0.2, 0.25) is 0 Å². The number of aromatic nitrogens is 3. The van der Waals surface area contributed by atoms with E-state index in [1.54, 1.807) is 36.4 Å². The lowest BCUT2D eigenvalue weighted by atomic mass is 10.1. The Morgan fingerprint density at radius 1 is 1.22 bits per heavy atom. The van der Waals surface area contributed by atoms with E-state index in [9.17, 15) is 14.3 Å². The fourth-order valence-corrected chi connectivity index (χ4v) is 2.49. The molecule has 0 aliphatic carbocycles. The summed E-state index contributed by atoms with van der Waals surface area (Å²) in [5.74, 6) is -1.56. The minimum Gasteiger partial charge on any atom is -0.476 e. The molecule has 5 nitrogen and oxygen atoms in total. The van der Waals surface area contributed by atoms with Gasteiger partial charge >= 0.3 is 5.97 Å². The number of carbonyl (C=O) groups is 1. The highest BCUT2D eigenvalue weighted by Crippen LogP contribution is 2.26. The van der Waals surface area contributed by atoms with E-state index in [1.807, 2.05) is 0 Å². The van der Waals surface area contributed by atoms with Crippen LogP contribution in [0.1, 0.15) is 16.1 Å². The second kappa shape index (κ2) is 6.18. The number of nitrogens with zero attached hydrogens (tertiary/aromatic N) is 3. The number of hydrogen-bond donors (Lipinski definition) is 1. The van der Waals surface area contributed by atoms with Crippen molar-refractivity contribution in [2.75, 3.05) is 0 Å². The lowest BCUT2D eigenvalue weighted by Crippen LogP contribution is -2.06. The zero-order chi connectivity index (χ0) is 16.4. The molecule has 0 aliphatic heterocycles. The molecule has 0 radical (unpaired) electrons. The van der Waals surface area contributed by atoms with Crippen molar-refractivity contribution in [3.05, 3.63) is 70.6 Å². The third-order valence-corrected chi connectivity index (χ3v) is 3.49. The summed E-state index contributed by atoms with van der Waals surface area (Å²) in [4.78, 5) is 11.4. The molecular formula is C16H11ClFN3O2. The van der Waals surface area contributed by atoms with Gasteiger partial charge in [-0.3, -0.25) is 0 Å². The number of benzene rings is 2. The van der Waals surface area contributed by atoms with Crippen molar-refractivity contribution in [2.45, 2.75) is 6.54 Å². The minimum atomic E-state index is -1.19. The molecule has 1 heterocycles. The van der Waals surface area contributed by atoms with Crippen LogP contribution in [0.3, 0.4) is 0 Å². The molecule has 7 heteroatoms. The van der Waals surface area contributed by atoms with Crippen molar-refractivity contribution in [1.82, 2.24) is 15.0 Å². The van der Waals surface area contributed by atoms with E-state index < -0.39 is 5.97 Å². The van der Waals surface area contributed by atoms with Gasteiger partial charge in [0, 0.05) is 10.6 Å². The van der Waals surface area contributed by atoms with Gasteiger partial charge in [0.15, 0.2) is 5.69 Å². The molecule has 3 aromatic rings. The Hall–Kier alpha value is -2.73. The van der Waals surface area contributed by atoms with Crippen LogP contribution >= 0.6 is 11.6 Å². The molecule has 0 fully saturated rings. The highest BCUT2D eigenvalue weighted by Gasteiger charge is 2.21. The molecule has 23 heavy (non-hydrogen) atoms. The summed E-state index contributed by atoms with van der Waals surface area (Å²) in [6.45, 7) is 0.194. The SMILES string of the molecule is O=C(O)c1nnn(Cc2cccc(F)c2)c1-c1cccc(Cl)c1. The smallest absolute Gasteiger partial charge is 0.358 e. The summed E-state index contributed by atoms with van der Waals surface area (Å²) >= 11 is 5.98. The van der Waals surface area contributed by atoms with Crippen molar-refractivity contribution in [1.29, 1.82) is 0 Å². The van der Waals surface area contributed by atoms with E-state index in [0.29, 0.717) is 21.8 Å². The van der Waals surface area contributed by atoms with Gasteiger partial charge < -0.3 is 5.11 Å². The average Bonchev–Trinajstić information content (AvgIpc) is 2.91. The van der Waals surface area contributed by atoms with Crippen molar-refractivity contribution >= 4 is 17.6 Å². The van der Waals surface area contributed by atoms with Crippen LogP contribution in [-0.2, 0) is 6.54 Å². The molecule has 0 spiro atoms. The minimum absolute atomic E-state index is 0.177. The monoisotopic (exact) mass is 331 g/mol. The summed E-state index contributed by atoms with van der Waals surface area (Å²) in [5, 5.41) is 17.4. The lowest BCUT2D eigenvalue weighted by molar-refractivity contribution is 0.0691. The highest BCUT2D eigenvalue weighted by atomic mass is 35.5. The van der Waals surface area contributed by atoms with E-state index in [-0.39, 0.29) is 18.1 Å². The standard InChI is InChI=1S/C16H11ClFN3O2/c17-12-5-2-4-11(8-12)15-14(16(22)23)19-20-21(15)9-10-3-1-6-13(18)7-10/h1-8H,9H2,(H,22,23). The van der Waals surface area contributed by atoms with Crippen molar-refractivity contribution < 1.29 is 14.3 Å². The molecule has 1 N–H and O–H groups in total. The molecule has 0 bridgehead atoms. The Kier molecular flexibility index (Phi) is 4.08. The van der Waals surface area contributed by atoms with E-state index >= 15 is 0 Å². The quantitative estimate of drug-likeness (QED) is 0.794. The zero-order valence-electron chi connectivity index (χ0n) is 11.8. The molecule has 0 amide bonds. The van der Waals surface area contributed by atoms with Crippen LogP contribution in [0.4, 0.5) is 4.39 Å². The van der Waals surface area contributed by atoms with E-state index in [0.717, 1.165) is 0 Å². The predicted octanol–water partition coefficient (Wildman–Crippen LogP) is 3.48. The van der Waals surface area contributed by atoms with Gasteiger partial charge in [-0.15, -0.1) is 5.10 Å². The largest absolute Gasteiger partial charge is 0.476 e. The molecule has 2 aromatic carbocycles. The van der Waals surface area contributed by atoms with Gasteiger partial charge in [-0.1, -0.05) is 41.1 Å². The van der Waals surface area contributed by atoms with Gasteiger partial charge in [-0.05, 0) is 29.8 Å². The maximum absolute atomic E-state index is 13.3. The highest BCUT2D eigenvalue weighted by molar-refractivity contribution is 6.30. The molecule has 0 saturated carbocycles. The summed E-state index contributed by atoms with van der Waals surface area (Å²) in [6, 6.07) is 12.8. The summed E-state index contributed by atoms with van der Waals surface area (Å²) in [5.41, 5.74) is 1.37. The van der Waals surface area contributed by atoms with Gasteiger partial charge in [0.25, 0.3) is 0 Å². The first kappa shape index (κ1) is 15.2. The lowest BCUT2D eigenvalue weighted by Gasteiger charge is -2.08. The molecule has 0 saturated heterocycles. The van der Waals surface area contributed by atoms with Gasteiger partial charge in [0.1, 0.15) is 11.5 Å². The topological polar surface area (TPSA) is 68.0 Å². The van der Waals surface area contributed by atoms with E-state index in [1.165, 1.54) is 16.8 Å². The molecular weight excluding hydrogens is 321 g/mol. The molecule has 116 valence electrons. The molecule has 0 aliphatic rings. The van der Waals surface area contributed by atoms with E-state index in [4.69, 9.17) is 11.6 Å². The second-order valence-electron chi connectivity index (χ2n) is 4.89. The third-order valence-electron chi connectivity index (χ3n) is 3.26. The van der Waals surface area contributed by atoms with Crippen molar-refractivity contribution in [3.63, 3.8) is 0 Å². The van der Waals surface area contributed by atoms with Crippen LogP contribution in [0.2, 0.25) is 5.02 Å². The van der Waals surface area contributed by atoms with Crippen LogP contribution in [0.15, 0.2) is 48.5 Å². The first-order valence-electron chi connectivity index (χ1n) is 6.72. The Morgan fingerprint density at radius 2 is 2.00 bits per heavy atom. The van der Waals surface area contributed by atoms with Crippen LogP contribution in [-0.4, -0.2) is 26.1 Å². The van der Waals surface area contributed by atoms with Crippen molar-refractivity contribution in [3.8, 4) is 11.3 Å². The molecule has 3 rings (SSSR count). The van der Waals surface area contributed by atoms with Crippen LogP contribution < -0.4 is 0 Å². The third kappa shape index (κ3) is 3.22.